The van der Waals surface area contributed by atoms with E-state index in [-0.39, 0.29) is 34.4 Å². The molecule has 0 saturated heterocycles. The molecule has 2 aromatic heterocycles. The average molecular weight is 446 g/mol. The molecule has 0 bridgehead atoms. The minimum absolute atomic E-state index is 0.0416. The zero-order chi connectivity index (χ0) is 22.4. The highest BCUT2D eigenvalue weighted by Crippen LogP contribution is 2.36. The van der Waals surface area contributed by atoms with Crippen molar-refractivity contribution in [1.29, 1.82) is 0 Å². The van der Waals surface area contributed by atoms with Crippen LogP contribution in [-0.4, -0.2) is 37.1 Å². The van der Waals surface area contributed by atoms with E-state index in [1.807, 2.05) is 0 Å². The van der Waals surface area contributed by atoms with E-state index >= 15 is 0 Å². The molecule has 31 heavy (non-hydrogen) atoms. The van der Waals surface area contributed by atoms with E-state index in [4.69, 9.17) is 18.6 Å². The van der Waals surface area contributed by atoms with E-state index in [1.165, 1.54) is 25.5 Å². The van der Waals surface area contributed by atoms with Crippen LogP contribution in [0.5, 0.6) is 11.5 Å². The number of hydrogen-bond donors (Lipinski definition) is 1. The fraction of sp³-hybridized carbons (Fsp3) is 0.200. The van der Waals surface area contributed by atoms with Crippen molar-refractivity contribution in [2.24, 2.45) is 0 Å². The summed E-state index contributed by atoms with van der Waals surface area (Å²) in [5.74, 6) is -0.446. The van der Waals surface area contributed by atoms with Crippen LogP contribution in [0.4, 0.5) is 10.7 Å². The molecule has 2 heterocycles. The molecule has 0 aliphatic carbocycles. The number of methoxy groups -OCH3 is 1. The van der Waals surface area contributed by atoms with Gasteiger partial charge in [-0.1, -0.05) is 0 Å². The third-order valence-corrected chi connectivity index (χ3v) is 4.92. The van der Waals surface area contributed by atoms with Crippen molar-refractivity contribution < 1.29 is 33.1 Å². The van der Waals surface area contributed by atoms with Crippen LogP contribution in [0.3, 0.4) is 0 Å². The van der Waals surface area contributed by atoms with Crippen LogP contribution in [-0.2, 0) is 9.53 Å². The molecule has 162 valence electrons. The zero-order valence-corrected chi connectivity index (χ0v) is 17.4. The first-order valence-electron chi connectivity index (χ1n) is 9.02. The van der Waals surface area contributed by atoms with E-state index in [9.17, 15) is 19.7 Å². The number of carbonyl (C=O) groups is 2. The van der Waals surface area contributed by atoms with Crippen molar-refractivity contribution in [3.05, 3.63) is 57.7 Å². The lowest BCUT2D eigenvalue weighted by Crippen LogP contribution is -2.21. The molecule has 0 fully saturated rings. The topological polar surface area (TPSA) is 130 Å². The van der Waals surface area contributed by atoms with Gasteiger partial charge in [-0.3, -0.25) is 14.9 Å². The molecule has 0 saturated carbocycles. The fourth-order valence-corrected chi connectivity index (χ4v) is 3.62. The number of nitrogens with zero attached hydrogens (tertiary/aromatic N) is 1. The minimum atomic E-state index is -0.605. The van der Waals surface area contributed by atoms with Crippen LogP contribution in [0.25, 0.3) is 11.3 Å². The van der Waals surface area contributed by atoms with Crippen molar-refractivity contribution in [2.75, 3.05) is 25.6 Å². The van der Waals surface area contributed by atoms with Gasteiger partial charge in [0.15, 0.2) is 18.1 Å². The lowest BCUT2D eigenvalue weighted by atomic mass is 10.1. The van der Waals surface area contributed by atoms with Gasteiger partial charge in [0.2, 0.25) is 0 Å². The largest absolute Gasteiger partial charge is 0.493 e. The third-order valence-electron chi connectivity index (χ3n) is 4.03. The van der Waals surface area contributed by atoms with Gasteiger partial charge in [-0.15, -0.1) is 11.3 Å². The van der Waals surface area contributed by atoms with E-state index < -0.39 is 23.4 Å². The number of hydrogen-bond acceptors (Lipinski definition) is 9. The summed E-state index contributed by atoms with van der Waals surface area (Å²) in [5, 5.41) is 15.5. The number of ether oxygens (including phenoxy) is 3. The molecule has 1 aromatic carbocycles. The molecule has 0 unspecified atom stereocenters. The Balaban J connectivity index is 1.77. The Morgan fingerprint density at radius 3 is 2.71 bits per heavy atom. The zero-order valence-electron chi connectivity index (χ0n) is 16.6. The molecule has 11 heteroatoms. The second-order valence-corrected chi connectivity index (χ2v) is 6.86. The fourth-order valence-electron chi connectivity index (χ4n) is 2.67. The number of nitro groups is 1. The highest BCUT2D eigenvalue weighted by Gasteiger charge is 2.24. The SMILES string of the molecule is CCOC(=O)c1c(-c2ccco2)csc1NC(=O)COc1cc([N+](=O)[O-])ccc1OC. The Bertz CT molecular complexity index is 1090. The van der Waals surface area contributed by atoms with Gasteiger partial charge in [-0.05, 0) is 25.1 Å². The number of amides is 1. The summed E-state index contributed by atoms with van der Waals surface area (Å²) in [5.41, 5.74) is 0.454. The first kappa shape index (κ1) is 21.8. The van der Waals surface area contributed by atoms with Crippen LogP contribution < -0.4 is 14.8 Å². The van der Waals surface area contributed by atoms with Gasteiger partial charge in [0.1, 0.15) is 16.3 Å². The van der Waals surface area contributed by atoms with Crippen LogP contribution in [0.2, 0.25) is 0 Å². The van der Waals surface area contributed by atoms with Crippen molar-refractivity contribution in [3.8, 4) is 22.8 Å². The number of esters is 1. The molecule has 0 spiro atoms. The van der Waals surface area contributed by atoms with Crippen LogP contribution in [0.15, 0.2) is 46.4 Å². The Morgan fingerprint density at radius 1 is 1.26 bits per heavy atom. The highest BCUT2D eigenvalue weighted by molar-refractivity contribution is 7.15. The lowest BCUT2D eigenvalue weighted by Gasteiger charge is -2.11. The third kappa shape index (κ3) is 5.01. The molecule has 0 radical (unpaired) electrons. The van der Waals surface area contributed by atoms with Crippen molar-refractivity contribution >= 4 is 33.9 Å². The van der Waals surface area contributed by atoms with Gasteiger partial charge in [-0.25, -0.2) is 4.79 Å². The van der Waals surface area contributed by atoms with Gasteiger partial charge in [-0.2, -0.15) is 0 Å². The van der Waals surface area contributed by atoms with Crippen LogP contribution >= 0.6 is 11.3 Å². The van der Waals surface area contributed by atoms with E-state index in [1.54, 1.807) is 24.4 Å². The predicted molar refractivity (Wildman–Crippen MR) is 112 cm³/mol. The molecule has 1 amide bonds. The Morgan fingerprint density at radius 2 is 2.06 bits per heavy atom. The first-order valence-corrected chi connectivity index (χ1v) is 9.90. The molecule has 1 N–H and O–H groups in total. The number of carbonyl (C=O) groups excluding carboxylic acids is 2. The van der Waals surface area contributed by atoms with Crippen LogP contribution in [0, 0.1) is 10.1 Å². The molecule has 0 aliphatic heterocycles. The summed E-state index contributed by atoms with van der Waals surface area (Å²) in [6.45, 7) is 1.37. The summed E-state index contributed by atoms with van der Waals surface area (Å²) in [4.78, 5) is 35.3. The van der Waals surface area contributed by atoms with Gasteiger partial charge >= 0.3 is 5.97 Å². The van der Waals surface area contributed by atoms with E-state index in [0.29, 0.717) is 11.3 Å². The normalized spacial score (nSPS) is 10.4. The molecular formula is C20H18N2O8S. The number of thiophene rings is 1. The molecule has 3 aromatic rings. The summed E-state index contributed by atoms with van der Waals surface area (Å²) >= 11 is 1.13. The molecule has 10 nitrogen and oxygen atoms in total. The lowest BCUT2D eigenvalue weighted by molar-refractivity contribution is -0.385. The maximum atomic E-state index is 12.5. The maximum Gasteiger partial charge on any atom is 0.341 e. The summed E-state index contributed by atoms with van der Waals surface area (Å²) in [6, 6.07) is 7.17. The maximum absolute atomic E-state index is 12.5. The number of anilines is 1. The number of nitrogens with one attached hydrogen (secondary N) is 1. The quantitative estimate of drug-likeness (QED) is 0.295. The molecule has 0 atom stereocenters. The second kappa shape index (κ2) is 9.76. The van der Waals surface area contributed by atoms with E-state index in [0.717, 1.165) is 17.4 Å². The molecular weight excluding hydrogens is 428 g/mol. The number of furan rings is 1. The number of non-ortho nitro benzene ring substituents is 1. The smallest absolute Gasteiger partial charge is 0.341 e. The minimum Gasteiger partial charge on any atom is -0.493 e. The number of benzene rings is 1. The van der Waals surface area contributed by atoms with Crippen molar-refractivity contribution in [1.82, 2.24) is 0 Å². The summed E-state index contributed by atoms with van der Waals surface area (Å²) in [6.07, 6.45) is 1.47. The van der Waals surface area contributed by atoms with Crippen molar-refractivity contribution in [2.45, 2.75) is 6.92 Å². The predicted octanol–water partition coefficient (Wildman–Crippen LogP) is 4.12. The Kier molecular flexibility index (Phi) is 6.88. The summed E-state index contributed by atoms with van der Waals surface area (Å²) < 4.78 is 21.0. The molecule has 0 aliphatic rings. The number of rotatable bonds is 9. The first-order chi connectivity index (χ1) is 14.9. The van der Waals surface area contributed by atoms with Gasteiger partial charge in [0.05, 0.1) is 31.0 Å². The Labute approximate surface area is 180 Å². The standard InChI is InChI=1S/C20H18N2O8S/c1-3-28-20(24)18-13(14-5-4-8-29-14)11-31-19(18)21-17(23)10-30-16-9-12(22(25)26)6-7-15(16)27-2/h4-9,11H,3,10H2,1-2H3,(H,21,23). The van der Waals surface area contributed by atoms with Crippen molar-refractivity contribution in [3.63, 3.8) is 0 Å². The van der Waals surface area contributed by atoms with Gasteiger partial charge in [0.25, 0.3) is 11.6 Å². The monoisotopic (exact) mass is 446 g/mol. The van der Waals surface area contributed by atoms with E-state index in [2.05, 4.69) is 5.32 Å². The second-order valence-electron chi connectivity index (χ2n) is 5.98. The van der Waals surface area contributed by atoms with Crippen LogP contribution in [0.1, 0.15) is 17.3 Å². The molecule has 3 rings (SSSR count). The average Bonchev–Trinajstić information content (AvgIpc) is 3.42. The van der Waals surface area contributed by atoms with Gasteiger partial charge < -0.3 is 23.9 Å². The highest BCUT2D eigenvalue weighted by atomic mass is 32.1. The summed E-state index contributed by atoms with van der Waals surface area (Å²) in [7, 11) is 1.38. The number of nitro benzene ring substituents is 1. The van der Waals surface area contributed by atoms with Gasteiger partial charge in [0, 0.05) is 17.0 Å². The Hall–Kier alpha value is -3.86.